The summed E-state index contributed by atoms with van der Waals surface area (Å²) < 4.78 is 9.26. The van der Waals surface area contributed by atoms with E-state index in [-0.39, 0.29) is 0 Å². The van der Waals surface area contributed by atoms with Gasteiger partial charge in [0.1, 0.15) is 11.2 Å². The molecule has 0 aliphatic heterocycles. The summed E-state index contributed by atoms with van der Waals surface area (Å²) in [6.07, 6.45) is 28.8. The highest BCUT2D eigenvalue weighted by molar-refractivity contribution is 6.12. The van der Waals surface area contributed by atoms with Crippen LogP contribution < -0.4 is 15.5 Å². The Bertz CT molecular complexity index is 3730. The van der Waals surface area contributed by atoms with E-state index in [1.807, 2.05) is 30.4 Å². The summed E-state index contributed by atoms with van der Waals surface area (Å²) in [4.78, 5) is 2.33. The molecule has 0 radical (unpaired) electrons. The minimum absolute atomic E-state index is 0.917. The Morgan fingerprint density at radius 3 is 1.83 bits per heavy atom. The molecule has 9 aromatic rings. The van der Waals surface area contributed by atoms with Crippen molar-refractivity contribution < 1.29 is 4.42 Å². The lowest BCUT2D eigenvalue weighted by Gasteiger charge is -2.26. The Labute approximate surface area is 404 Å². The number of hydrogen-bond donors (Lipinski definition) is 0. The maximum absolute atomic E-state index is 6.99. The van der Waals surface area contributed by atoms with Gasteiger partial charge in [-0.3, -0.25) is 0 Å². The number of benzene rings is 7. The van der Waals surface area contributed by atoms with Gasteiger partial charge in [-0.1, -0.05) is 196 Å². The van der Waals surface area contributed by atoms with Crippen LogP contribution in [0.1, 0.15) is 42.4 Å². The average Bonchev–Trinajstić information content (AvgIpc) is 3.96. The first-order valence-corrected chi connectivity index (χ1v) is 23.9. The molecule has 332 valence electrons. The SMILES string of the molecule is C=C/C=C\C=C\c1ccc(N(c2ccc(C3=CC=C(c4cccc5c4oc4c(-c6ccc7c(c6)c6c(n7C(=C)/C=C\C=C)=CCCC=6)cccc45)CC3)cc2)c2ccc(-c3ccccc3)cc2)cc1. The van der Waals surface area contributed by atoms with Crippen molar-refractivity contribution >= 4 is 85.0 Å². The van der Waals surface area contributed by atoms with Gasteiger partial charge in [0.05, 0.1) is 5.52 Å². The van der Waals surface area contributed by atoms with Crippen LogP contribution in [0.3, 0.4) is 0 Å². The number of anilines is 3. The Balaban J connectivity index is 0.899. The molecule has 2 aliphatic carbocycles. The van der Waals surface area contributed by atoms with Crippen LogP contribution in [0, 0.1) is 0 Å². The van der Waals surface area contributed by atoms with E-state index in [1.54, 1.807) is 12.2 Å². The van der Waals surface area contributed by atoms with Gasteiger partial charge in [-0.25, -0.2) is 0 Å². The lowest BCUT2D eigenvalue weighted by molar-refractivity contribution is 0.668. The third-order valence-corrected chi connectivity index (χ3v) is 13.5. The summed E-state index contributed by atoms with van der Waals surface area (Å²) in [6, 6.07) is 57.1. The third kappa shape index (κ3) is 8.30. The van der Waals surface area contributed by atoms with Crippen molar-refractivity contribution in [2.45, 2.75) is 25.7 Å². The molecule has 0 atom stereocenters. The molecule has 3 heteroatoms. The fourth-order valence-corrected chi connectivity index (χ4v) is 10.1. The molecule has 69 heavy (non-hydrogen) atoms. The van der Waals surface area contributed by atoms with Crippen LogP contribution in [0.25, 0.3) is 90.2 Å². The van der Waals surface area contributed by atoms with E-state index in [2.05, 4.69) is 217 Å². The Morgan fingerprint density at radius 1 is 0.522 bits per heavy atom. The highest BCUT2D eigenvalue weighted by atomic mass is 16.3. The zero-order valence-electron chi connectivity index (χ0n) is 38.7. The van der Waals surface area contributed by atoms with Gasteiger partial charge < -0.3 is 13.9 Å². The van der Waals surface area contributed by atoms with Gasteiger partial charge in [0, 0.05) is 60.6 Å². The van der Waals surface area contributed by atoms with Crippen molar-refractivity contribution in [1.82, 2.24) is 4.57 Å². The second-order valence-corrected chi connectivity index (χ2v) is 17.7. The predicted molar refractivity (Wildman–Crippen MR) is 297 cm³/mol. The summed E-state index contributed by atoms with van der Waals surface area (Å²) in [5.74, 6) is 0. The number of rotatable bonds is 13. The normalized spacial score (nSPS) is 13.7. The largest absolute Gasteiger partial charge is 0.455 e. The molecule has 3 nitrogen and oxygen atoms in total. The molecule has 0 amide bonds. The van der Waals surface area contributed by atoms with E-state index < -0.39 is 0 Å². The summed E-state index contributed by atoms with van der Waals surface area (Å²) in [7, 11) is 0. The molecular weight excluding hydrogens is 837 g/mol. The van der Waals surface area contributed by atoms with Crippen LogP contribution in [0.4, 0.5) is 17.1 Å². The van der Waals surface area contributed by atoms with E-state index in [9.17, 15) is 0 Å². The van der Waals surface area contributed by atoms with Crippen LogP contribution in [0.2, 0.25) is 0 Å². The quantitative estimate of drug-likeness (QED) is 0.108. The fourth-order valence-electron chi connectivity index (χ4n) is 10.1. The average molecular weight is 889 g/mol. The van der Waals surface area contributed by atoms with Crippen molar-refractivity contribution in [1.29, 1.82) is 0 Å². The van der Waals surface area contributed by atoms with Crippen molar-refractivity contribution in [2.24, 2.45) is 0 Å². The maximum atomic E-state index is 6.99. The van der Waals surface area contributed by atoms with Crippen LogP contribution in [-0.4, -0.2) is 4.57 Å². The number of allylic oxidation sites excluding steroid dienone is 12. The molecule has 0 saturated carbocycles. The topological polar surface area (TPSA) is 21.3 Å². The lowest BCUT2D eigenvalue weighted by Crippen LogP contribution is -2.30. The van der Waals surface area contributed by atoms with E-state index in [4.69, 9.17) is 4.42 Å². The third-order valence-electron chi connectivity index (χ3n) is 13.5. The number of furan rings is 1. The first-order valence-electron chi connectivity index (χ1n) is 23.9. The number of nitrogens with zero attached hydrogens (tertiary/aromatic N) is 2. The molecule has 0 unspecified atom stereocenters. The molecule has 2 aliphatic rings. The molecule has 0 fully saturated rings. The van der Waals surface area contributed by atoms with Gasteiger partial charge in [-0.05, 0) is 119 Å². The molecule has 0 bridgehead atoms. The Kier molecular flexibility index (Phi) is 11.8. The lowest BCUT2D eigenvalue weighted by atomic mass is 9.89. The number of hydrogen-bond acceptors (Lipinski definition) is 2. The van der Waals surface area contributed by atoms with E-state index in [1.165, 1.54) is 43.8 Å². The van der Waals surface area contributed by atoms with Gasteiger partial charge >= 0.3 is 0 Å². The molecule has 2 heterocycles. The minimum atomic E-state index is 0.917. The second kappa shape index (κ2) is 18.9. The van der Waals surface area contributed by atoms with E-state index in [0.717, 1.165) is 98.2 Å². The second-order valence-electron chi connectivity index (χ2n) is 17.7. The van der Waals surface area contributed by atoms with Crippen molar-refractivity contribution in [2.75, 3.05) is 4.90 Å². The number of fused-ring (bicyclic) bond motifs is 6. The fraction of sp³-hybridized carbons (Fsp3) is 0.0606. The maximum Gasteiger partial charge on any atom is 0.143 e. The molecular formula is C66H52N2O. The van der Waals surface area contributed by atoms with E-state index in [0.29, 0.717) is 0 Å². The first-order chi connectivity index (χ1) is 34.1. The van der Waals surface area contributed by atoms with Gasteiger partial charge in [0.2, 0.25) is 0 Å². The smallest absolute Gasteiger partial charge is 0.143 e. The molecule has 0 spiro atoms. The minimum Gasteiger partial charge on any atom is -0.455 e. The molecule has 2 aromatic heterocycles. The first kappa shape index (κ1) is 42.9. The standard InChI is InChI=1S/C66H52N2O/c1-4-6-8-10-18-47-27-38-54(39-28-47)68(55-40-33-50(34-41-55)48-19-11-9-12-20-48)56-42-35-51(36-43-56)49-29-31-52(32-30-49)57-22-15-24-60-61-25-16-23-58(66(61)69-65(57)60)53-37-44-64-62(45-53)59-21-13-14-26-63(59)67(64)46(3)17-7-5-2/h4-12,15-29,31,33-45H,1-3,13-14,30,32H2/b8-6-,17-7-,18-10+. The highest BCUT2D eigenvalue weighted by Gasteiger charge is 2.20. The van der Waals surface area contributed by atoms with Crippen LogP contribution in [-0.2, 0) is 0 Å². The van der Waals surface area contributed by atoms with Crippen LogP contribution in [0.15, 0.2) is 237 Å². The highest BCUT2D eigenvalue weighted by Crippen LogP contribution is 2.42. The monoisotopic (exact) mass is 888 g/mol. The van der Waals surface area contributed by atoms with Crippen molar-refractivity contribution in [3.63, 3.8) is 0 Å². The number of para-hydroxylation sites is 2. The zero-order chi connectivity index (χ0) is 46.7. The summed E-state index contributed by atoms with van der Waals surface area (Å²) in [6.45, 7) is 12.1. The summed E-state index contributed by atoms with van der Waals surface area (Å²) in [5, 5.41) is 5.97. The van der Waals surface area contributed by atoms with Crippen LogP contribution >= 0.6 is 0 Å². The Morgan fingerprint density at radius 2 is 1.13 bits per heavy atom. The summed E-state index contributed by atoms with van der Waals surface area (Å²) in [5.41, 5.74) is 18.0. The summed E-state index contributed by atoms with van der Waals surface area (Å²) >= 11 is 0. The molecule has 11 rings (SSSR count). The van der Waals surface area contributed by atoms with E-state index >= 15 is 0 Å². The van der Waals surface area contributed by atoms with Gasteiger partial charge in [0.25, 0.3) is 0 Å². The van der Waals surface area contributed by atoms with Crippen molar-refractivity contribution in [3.05, 3.63) is 259 Å². The molecule has 0 saturated heterocycles. The van der Waals surface area contributed by atoms with Crippen molar-refractivity contribution in [3.8, 4) is 22.3 Å². The van der Waals surface area contributed by atoms with Gasteiger partial charge in [0.15, 0.2) is 0 Å². The van der Waals surface area contributed by atoms with Gasteiger partial charge in [-0.15, -0.1) is 0 Å². The molecule has 7 aromatic carbocycles. The number of aromatic nitrogens is 1. The van der Waals surface area contributed by atoms with Gasteiger partial charge in [-0.2, -0.15) is 0 Å². The predicted octanol–water partition coefficient (Wildman–Crippen LogP) is 16.9. The Hall–Kier alpha value is -8.66. The van der Waals surface area contributed by atoms with Crippen LogP contribution in [0.5, 0.6) is 0 Å². The zero-order valence-corrected chi connectivity index (χ0v) is 38.7. The molecule has 0 N–H and O–H groups in total.